The van der Waals surface area contributed by atoms with E-state index in [0.29, 0.717) is 17.9 Å². The molecule has 0 bridgehead atoms. The first-order valence-electron chi connectivity index (χ1n) is 5.36. The molecule has 3 atom stereocenters. The summed E-state index contributed by atoms with van der Waals surface area (Å²) in [6, 6.07) is 0.338. The van der Waals surface area contributed by atoms with Crippen molar-refractivity contribution in [1.29, 1.82) is 0 Å². The molecule has 2 heteroatoms. The first-order valence-corrected chi connectivity index (χ1v) is 5.36. The van der Waals surface area contributed by atoms with Crippen molar-refractivity contribution in [2.45, 2.75) is 46.1 Å². The minimum absolute atomic E-state index is 0.338. The van der Waals surface area contributed by atoms with Gasteiger partial charge in [0.25, 0.3) is 0 Å². The molecule has 0 aromatic carbocycles. The summed E-state index contributed by atoms with van der Waals surface area (Å²) in [5.74, 6) is 1.23. The molecule has 0 saturated heterocycles. The number of hydrogen-bond donors (Lipinski definition) is 1. The van der Waals surface area contributed by atoms with Gasteiger partial charge in [0.2, 0.25) is 0 Å². The van der Waals surface area contributed by atoms with Crippen molar-refractivity contribution < 1.29 is 4.74 Å². The third-order valence-corrected chi connectivity index (χ3v) is 2.60. The fourth-order valence-corrected chi connectivity index (χ4v) is 1.72. The van der Waals surface area contributed by atoms with Gasteiger partial charge in [-0.15, -0.1) is 0 Å². The average Bonchev–Trinajstić information content (AvgIpc) is 2.05. The maximum absolute atomic E-state index is 6.08. The van der Waals surface area contributed by atoms with Gasteiger partial charge in [0.1, 0.15) is 0 Å². The monoisotopic (exact) mass is 187 g/mol. The summed E-state index contributed by atoms with van der Waals surface area (Å²) in [7, 11) is 1.75. The van der Waals surface area contributed by atoms with E-state index in [0.717, 1.165) is 13.0 Å². The van der Waals surface area contributed by atoms with Crippen LogP contribution in [0.4, 0.5) is 0 Å². The largest absolute Gasteiger partial charge is 0.384 e. The summed E-state index contributed by atoms with van der Waals surface area (Å²) in [5.41, 5.74) is 6.08. The van der Waals surface area contributed by atoms with E-state index in [1.54, 1.807) is 7.11 Å². The molecule has 0 spiro atoms. The molecule has 0 saturated carbocycles. The number of nitrogens with two attached hydrogens (primary N) is 1. The van der Waals surface area contributed by atoms with Crippen LogP contribution < -0.4 is 5.73 Å². The van der Waals surface area contributed by atoms with E-state index in [2.05, 4.69) is 20.8 Å². The van der Waals surface area contributed by atoms with E-state index in [1.165, 1.54) is 12.8 Å². The lowest BCUT2D eigenvalue weighted by atomic mass is 9.90. The summed E-state index contributed by atoms with van der Waals surface area (Å²) < 4.78 is 5.09. The Morgan fingerprint density at radius 1 is 1.31 bits per heavy atom. The molecule has 0 aliphatic rings. The topological polar surface area (TPSA) is 35.2 Å². The van der Waals surface area contributed by atoms with Crippen LogP contribution >= 0.6 is 0 Å². The van der Waals surface area contributed by atoms with E-state index in [-0.39, 0.29) is 0 Å². The van der Waals surface area contributed by atoms with Gasteiger partial charge in [0, 0.05) is 19.8 Å². The highest BCUT2D eigenvalue weighted by Crippen LogP contribution is 2.15. The lowest BCUT2D eigenvalue weighted by Gasteiger charge is -2.22. The predicted molar refractivity (Wildman–Crippen MR) is 57.7 cm³/mol. The Hall–Kier alpha value is -0.0800. The van der Waals surface area contributed by atoms with Crippen LogP contribution in [0.3, 0.4) is 0 Å². The summed E-state index contributed by atoms with van der Waals surface area (Å²) in [6.45, 7) is 7.48. The molecular formula is C11H25NO. The minimum atomic E-state index is 0.338. The Labute approximate surface area is 82.8 Å². The normalized spacial score (nSPS) is 18.2. The van der Waals surface area contributed by atoms with Crippen LogP contribution in [-0.4, -0.2) is 19.8 Å². The maximum Gasteiger partial charge on any atom is 0.0488 e. The van der Waals surface area contributed by atoms with Crippen molar-refractivity contribution in [3.63, 3.8) is 0 Å². The smallest absolute Gasteiger partial charge is 0.0488 e. The highest BCUT2D eigenvalue weighted by Gasteiger charge is 2.14. The Balaban J connectivity index is 3.64. The van der Waals surface area contributed by atoms with E-state index >= 15 is 0 Å². The van der Waals surface area contributed by atoms with Gasteiger partial charge >= 0.3 is 0 Å². The molecular weight excluding hydrogens is 162 g/mol. The lowest BCUT2D eigenvalue weighted by molar-refractivity contribution is 0.147. The summed E-state index contributed by atoms with van der Waals surface area (Å²) in [5, 5.41) is 0. The molecule has 2 N–H and O–H groups in total. The number of methoxy groups -OCH3 is 1. The van der Waals surface area contributed by atoms with E-state index in [4.69, 9.17) is 10.5 Å². The van der Waals surface area contributed by atoms with Gasteiger partial charge < -0.3 is 10.5 Å². The molecule has 0 radical (unpaired) electrons. The van der Waals surface area contributed by atoms with Crippen molar-refractivity contribution >= 4 is 0 Å². The van der Waals surface area contributed by atoms with Crippen LogP contribution in [-0.2, 0) is 4.74 Å². The molecule has 3 unspecified atom stereocenters. The molecule has 2 nitrogen and oxygen atoms in total. The van der Waals surface area contributed by atoms with Gasteiger partial charge in [-0.1, -0.05) is 27.2 Å². The molecule has 0 aliphatic heterocycles. The van der Waals surface area contributed by atoms with Crippen LogP contribution in [0.25, 0.3) is 0 Å². The second-order valence-electron chi connectivity index (χ2n) is 4.23. The Morgan fingerprint density at radius 2 is 1.92 bits per heavy atom. The third-order valence-electron chi connectivity index (χ3n) is 2.60. The summed E-state index contributed by atoms with van der Waals surface area (Å²) >= 11 is 0. The SMILES string of the molecule is CCCC(C)C(N)CC(C)COC. The molecule has 0 aliphatic carbocycles. The standard InChI is InChI=1S/C11H25NO/c1-5-6-10(3)11(12)7-9(2)8-13-4/h9-11H,5-8,12H2,1-4H3. The van der Waals surface area contributed by atoms with E-state index in [9.17, 15) is 0 Å². The molecule has 0 amide bonds. The molecule has 13 heavy (non-hydrogen) atoms. The van der Waals surface area contributed by atoms with Gasteiger partial charge in [0.15, 0.2) is 0 Å². The average molecular weight is 187 g/mol. The zero-order valence-electron chi connectivity index (χ0n) is 9.55. The van der Waals surface area contributed by atoms with Crippen molar-refractivity contribution in [3.05, 3.63) is 0 Å². The first-order chi connectivity index (χ1) is 6.11. The van der Waals surface area contributed by atoms with Crippen LogP contribution in [0.2, 0.25) is 0 Å². The van der Waals surface area contributed by atoms with Crippen LogP contribution in [0.1, 0.15) is 40.0 Å². The third kappa shape index (κ3) is 6.05. The lowest BCUT2D eigenvalue weighted by Crippen LogP contribution is -2.31. The van der Waals surface area contributed by atoms with Crippen molar-refractivity contribution in [1.82, 2.24) is 0 Å². The zero-order chi connectivity index (χ0) is 10.3. The van der Waals surface area contributed by atoms with Crippen LogP contribution in [0.5, 0.6) is 0 Å². The molecule has 0 heterocycles. The number of rotatable bonds is 7. The summed E-state index contributed by atoms with van der Waals surface area (Å²) in [4.78, 5) is 0. The van der Waals surface area contributed by atoms with Crippen LogP contribution in [0, 0.1) is 11.8 Å². The van der Waals surface area contributed by atoms with Crippen molar-refractivity contribution in [2.75, 3.05) is 13.7 Å². The Kier molecular flexibility index (Phi) is 7.29. The van der Waals surface area contributed by atoms with Crippen LogP contribution in [0.15, 0.2) is 0 Å². The minimum Gasteiger partial charge on any atom is -0.384 e. The van der Waals surface area contributed by atoms with E-state index < -0.39 is 0 Å². The number of hydrogen-bond acceptors (Lipinski definition) is 2. The predicted octanol–water partition coefficient (Wildman–Crippen LogP) is 2.42. The van der Waals surface area contributed by atoms with Gasteiger partial charge in [-0.2, -0.15) is 0 Å². The molecule has 0 aromatic heterocycles. The quantitative estimate of drug-likeness (QED) is 0.664. The fourth-order valence-electron chi connectivity index (χ4n) is 1.72. The van der Waals surface area contributed by atoms with Gasteiger partial charge in [-0.25, -0.2) is 0 Å². The molecule has 0 aromatic rings. The highest BCUT2D eigenvalue weighted by atomic mass is 16.5. The zero-order valence-corrected chi connectivity index (χ0v) is 9.55. The second kappa shape index (κ2) is 7.34. The van der Waals surface area contributed by atoms with Gasteiger partial charge in [-0.3, -0.25) is 0 Å². The molecule has 0 rings (SSSR count). The van der Waals surface area contributed by atoms with Gasteiger partial charge in [0.05, 0.1) is 0 Å². The Bertz CT molecular complexity index is 117. The van der Waals surface area contributed by atoms with E-state index in [1.807, 2.05) is 0 Å². The first kappa shape index (κ1) is 12.9. The van der Waals surface area contributed by atoms with Crippen molar-refractivity contribution in [2.24, 2.45) is 17.6 Å². The molecule has 80 valence electrons. The maximum atomic E-state index is 6.08. The van der Waals surface area contributed by atoms with Crippen molar-refractivity contribution in [3.8, 4) is 0 Å². The summed E-state index contributed by atoms with van der Waals surface area (Å²) in [6.07, 6.45) is 3.55. The van der Waals surface area contributed by atoms with Gasteiger partial charge in [-0.05, 0) is 24.7 Å². The Morgan fingerprint density at radius 3 is 2.38 bits per heavy atom. The molecule has 0 fully saturated rings. The second-order valence-corrected chi connectivity index (χ2v) is 4.23. The fraction of sp³-hybridized carbons (Fsp3) is 1.00. The number of ether oxygens (including phenoxy) is 1. The highest BCUT2D eigenvalue weighted by molar-refractivity contribution is 4.71.